The van der Waals surface area contributed by atoms with Gasteiger partial charge in [-0.1, -0.05) is 30.3 Å². The summed E-state index contributed by atoms with van der Waals surface area (Å²) in [5.41, 5.74) is 1.24. The molecule has 4 rings (SSSR count). The highest BCUT2D eigenvalue weighted by atomic mass is 16.8. The van der Waals surface area contributed by atoms with E-state index in [0.29, 0.717) is 6.61 Å². The van der Waals surface area contributed by atoms with E-state index in [4.69, 9.17) is 23.7 Å². The zero-order valence-electron chi connectivity index (χ0n) is 14.7. The zero-order valence-corrected chi connectivity index (χ0v) is 14.7. The van der Waals surface area contributed by atoms with Crippen LogP contribution in [0.15, 0.2) is 30.3 Å². The second-order valence-electron chi connectivity index (χ2n) is 7.76. The first-order valence-electron chi connectivity index (χ1n) is 8.70. The minimum Gasteiger partial charge on any atom is -0.366 e. The standard InChI is InChI=1S/C19H26O5/c1-18(2)20-11-14(22-18)15-17-16(23-19(3,4)24-17)13(21-15)10-12-8-6-5-7-9-12/h5-9,13-17H,10-11H2,1-4H3/t13-,14-,15+,16+,17-/m1/s1. The molecular formula is C19H26O5. The summed E-state index contributed by atoms with van der Waals surface area (Å²) in [6.07, 6.45) is 0.234. The molecule has 3 fully saturated rings. The maximum absolute atomic E-state index is 6.35. The van der Waals surface area contributed by atoms with E-state index in [1.54, 1.807) is 0 Å². The first-order valence-corrected chi connectivity index (χ1v) is 8.70. The fraction of sp³-hybridized carbons (Fsp3) is 0.684. The fourth-order valence-electron chi connectivity index (χ4n) is 3.90. The van der Waals surface area contributed by atoms with E-state index in [1.807, 2.05) is 45.9 Å². The monoisotopic (exact) mass is 334 g/mol. The molecule has 0 unspecified atom stereocenters. The molecule has 5 atom stereocenters. The van der Waals surface area contributed by atoms with Crippen LogP contribution < -0.4 is 0 Å². The van der Waals surface area contributed by atoms with Crippen molar-refractivity contribution in [1.82, 2.24) is 0 Å². The van der Waals surface area contributed by atoms with Gasteiger partial charge in [0.25, 0.3) is 0 Å². The van der Waals surface area contributed by atoms with Gasteiger partial charge >= 0.3 is 0 Å². The summed E-state index contributed by atoms with van der Waals surface area (Å²) in [4.78, 5) is 0. The van der Waals surface area contributed by atoms with Gasteiger partial charge in [0.1, 0.15) is 24.4 Å². The largest absolute Gasteiger partial charge is 0.366 e. The summed E-state index contributed by atoms with van der Waals surface area (Å²) in [5.74, 6) is -1.17. The number of hydrogen-bond donors (Lipinski definition) is 0. The molecule has 132 valence electrons. The molecular weight excluding hydrogens is 308 g/mol. The van der Waals surface area contributed by atoms with Gasteiger partial charge in [-0.3, -0.25) is 0 Å². The Kier molecular flexibility index (Phi) is 3.97. The average molecular weight is 334 g/mol. The molecule has 0 aromatic heterocycles. The maximum Gasteiger partial charge on any atom is 0.164 e. The van der Waals surface area contributed by atoms with Gasteiger partial charge in [-0.05, 0) is 33.3 Å². The van der Waals surface area contributed by atoms with Crippen molar-refractivity contribution in [3.63, 3.8) is 0 Å². The minimum absolute atomic E-state index is 0.0449. The van der Waals surface area contributed by atoms with Crippen LogP contribution in [0, 0.1) is 0 Å². The summed E-state index contributed by atoms with van der Waals surface area (Å²) in [7, 11) is 0. The van der Waals surface area contributed by atoms with Gasteiger partial charge in [0.05, 0.1) is 12.7 Å². The summed E-state index contributed by atoms with van der Waals surface area (Å²) in [5, 5.41) is 0. The fourth-order valence-corrected chi connectivity index (χ4v) is 3.90. The third-order valence-electron chi connectivity index (χ3n) is 4.86. The molecule has 3 aliphatic heterocycles. The van der Waals surface area contributed by atoms with E-state index in [2.05, 4.69) is 12.1 Å². The Hall–Kier alpha value is -0.980. The lowest BCUT2D eigenvalue weighted by atomic mass is 10.00. The Morgan fingerprint density at radius 1 is 0.875 bits per heavy atom. The van der Waals surface area contributed by atoms with Crippen molar-refractivity contribution in [3.8, 4) is 0 Å². The van der Waals surface area contributed by atoms with Gasteiger partial charge in [0.15, 0.2) is 11.6 Å². The Morgan fingerprint density at radius 3 is 2.25 bits per heavy atom. The smallest absolute Gasteiger partial charge is 0.164 e. The Bertz CT molecular complexity index is 585. The predicted molar refractivity (Wildman–Crippen MR) is 87.5 cm³/mol. The third-order valence-corrected chi connectivity index (χ3v) is 4.86. The van der Waals surface area contributed by atoms with Crippen LogP contribution >= 0.6 is 0 Å². The van der Waals surface area contributed by atoms with Crippen LogP contribution in [0.5, 0.6) is 0 Å². The number of ether oxygens (including phenoxy) is 5. The van der Waals surface area contributed by atoms with Crippen molar-refractivity contribution in [2.24, 2.45) is 0 Å². The van der Waals surface area contributed by atoms with Gasteiger partial charge < -0.3 is 23.7 Å². The number of benzene rings is 1. The van der Waals surface area contributed by atoms with Gasteiger partial charge in [-0.2, -0.15) is 0 Å². The second kappa shape index (κ2) is 5.78. The van der Waals surface area contributed by atoms with Crippen molar-refractivity contribution in [3.05, 3.63) is 35.9 Å². The Balaban J connectivity index is 1.54. The van der Waals surface area contributed by atoms with Crippen LogP contribution in [-0.2, 0) is 30.1 Å². The lowest BCUT2D eigenvalue weighted by molar-refractivity contribution is -0.206. The van der Waals surface area contributed by atoms with Crippen molar-refractivity contribution in [1.29, 1.82) is 0 Å². The highest BCUT2D eigenvalue weighted by Crippen LogP contribution is 2.42. The highest BCUT2D eigenvalue weighted by molar-refractivity contribution is 5.17. The summed E-state index contributed by atoms with van der Waals surface area (Å²) in [6.45, 7) is 8.28. The molecule has 0 N–H and O–H groups in total. The molecule has 3 heterocycles. The normalized spacial score (nSPS) is 39.9. The minimum atomic E-state index is -0.596. The summed E-state index contributed by atoms with van der Waals surface area (Å²) in [6, 6.07) is 10.3. The van der Waals surface area contributed by atoms with E-state index < -0.39 is 11.6 Å². The van der Waals surface area contributed by atoms with Crippen molar-refractivity contribution < 1.29 is 23.7 Å². The molecule has 5 nitrogen and oxygen atoms in total. The molecule has 1 aromatic carbocycles. The molecule has 0 bridgehead atoms. The molecule has 3 aliphatic rings. The van der Waals surface area contributed by atoms with Gasteiger partial charge in [-0.25, -0.2) is 0 Å². The molecule has 0 spiro atoms. The number of hydrogen-bond acceptors (Lipinski definition) is 5. The lowest BCUT2D eigenvalue weighted by Gasteiger charge is -2.27. The summed E-state index contributed by atoms with van der Waals surface area (Å²) >= 11 is 0. The summed E-state index contributed by atoms with van der Waals surface area (Å²) < 4.78 is 30.4. The van der Waals surface area contributed by atoms with E-state index in [0.717, 1.165) is 6.42 Å². The molecule has 0 aliphatic carbocycles. The number of rotatable bonds is 3. The molecule has 0 radical (unpaired) electrons. The van der Waals surface area contributed by atoms with Crippen LogP contribution in [0.25, 0.3) is 0 Å². The third kappa shape index (κ3) is 3.11. The van der Waals surface area contributed by atoms with Crippen LogP contribution in [0.1, 0.15) is 33.3 Å². The van der Waals surface area contributed by atoms with E-state index >= 15 is 0 Å². The first-order chi connectivity index (χ1) is 11.3. The van der Waals surface area contributed by atoms with E-state index in [-0.39, 0.29) is 30.5 Å². The molecule has 0 amide bonds. The Labute approximate surface area is 143 Å². The first kappa shape index (κ1) is 16.5. The van der Waals surface area contributed by atoms with Gasteiger partial charge in [0.2, 0.25) is 0 Å². The molecule has 1 aromatic rings. The number of fused-ring (bicyclic) bond motifs is 1. The zero-order chi connectivity index (χ0) is 16.9. The van der Waals surface area contributed by atoms with Crippen LogP contribution in [0.2, 0.25) is 0 Å². The van der Waals surface area contributed by atoms with Gasteiger partial charge in [-0.15, -0.1) is 0 Å². The Morgan fingerprint density at radius 2 is 1.58 bits per heavy atom. The van der Waals surface area contributed by atoms with Crippen LogP contribution in [0.4, 0.5) is 0 Å². The highest BCUT2D eigenvalue weighted by Gasteiger charge is 2.58. The van der Waals surface area contributed by atoms with E-state index in [1.165, 1.54) is 5.56 Å². The quantitative estimate of drug-likeness (QED) is 0.850. The molecule has 3 saturated heterocycles. The average Bonchev–Trinajstić information content (AvgIpc) is 3.12. The lowest BCUT2D eigenvalue weighted by Crippen LogP contribution is -2.40. The van der Waals surface area contributed by atoms with Crippen LogP contribution in [0.3, 0.4) is 0 Å². The van der Waals surface area contributed by atoms with Gasteiger partial charge in [0, 0.05) is 6.42 Å². The topological polar surface area (TPSA) is 46.2 Å². The van der Waals surface area contributed by atoms with Crippen molar-refractivity contribution in [2.45, 2.75) is 76.2 Å². The maximum atomic E-state index is 6.35. The predicted octanol–water partition coefficient (Wildman–Crippen LogP) is 2.67. The molecule has 24 heavy (non-hydrogen) atoms. The molecule has 0 saturated carbocycles. The van der Waals surface area contributed by atoms with Crippen LogP contribution in [-0.4, -0.2) is 48.7 Å². The van der Waals surface area contributed by atoms with Crippen molar-refractivity contribution in [2.75, 3.05) is 6.61 Å². The molecule has 5 heteroatoms. The SMILES string of the molecule is CC1(C)O[C@H]2[C@@H](O1)[C@@H](Cc1ccccc1)O[C@H]2[C@H]1COC(C)(C)O1. The van der Waals surface area contributed by atoms with E-state index in [9.17, 15) is 0 Å². The second-order valence-corrected chi connectivity index (χ2v) is 7.76. The van der Waals surface area contributed by atoms with Crippen molar-refractivity contribution >= 4 is 0 Å².